The van der Waals surface area contributed by atoms with Crippen LogP contribution in [0.1, 0.15) is 74.6 Å². The molecule has 0 unspecified atom stereocenters. The summed E-state index contributed by atoms with van der Waals surface area (Å²) in [4.78, 5) is 72.6. The quantitative estimate of drug-likeness (QED) is 0.103. The fourth-order valence-corrected chi connectivity index (χ4v) is 8.33. The number of likely N-dealkylation sites (N-methyl/N-ethyl adjacent to an activating group) is 2. The average molecular weight is 943 g/mol. The third-order valence-electron chi connectivity index (χ3n) is 11.2. The molecule has 0 bridgehead atoms. The van der Waals surface area contributed by atoms with Crippen LogP contribution in [-0.2, 0) is 38.1 Å². The van der Waals surface area contributed by atoms with Gasteiger partial charge in [0, 0.05) is 49.1 Å². The van der Waals surface area contributed by atoms with Crippen LogP contribution in [0.4, 0.5) is 0 Å². The van der Waals surface area contributed by atoms with E-state index in [4.69, 9.17) is 37.9 Å². The van der Waals surface area contributed by atoms with Crippen LogP contribution in [0.2, 0.25) is 0 Å². The summed E-state index contributed by atoms with van der Waals surface area (Å²) in [5.41, 5.74) is 1.53. The van der Waals surface area contributed by atoms with Crippen molar-refractivity contribution in [2.24, 2.45) is 11.8 Å². The van der Waals surface area contributed by atoms with Gasteiger partial charge in [-0.05, 0) is 66.1 Å². The summed E-state index contributed by atoms with van der Waals surface area (Å²) >= 11 is 0. The van der Waals surface area contributed by atoms with Gasteiger partial charge in [-0.2, -0.15) is 0 Å². The van der Waals surface area contributed by atoms with E-state index in [-0.39, 0.29) is 11.1 Å². The molecule has 364 valence electrons. The summed E-state index contributed by atoms with van der Waals surface area (Å²) in [5, 5.41) is 22.6. The number of carbonyl (C=O) groups excluding carboxylic acids is 4. The van der Waals surface area contributed by atoms with Crippen LogP contribution in [0, 0.1) is 11.8 Å². The molecule has 0 aliphatic carbocycles. The van der Waals surface area contributed by atoms with E-state index in [1.54, 1.807) is 97.2 Å². The summed E-state index contributed by atoms with van der Waals surface area (Å²) < 4.78 is 42.3. The number of hydrogen-bond donors (Lipinski definition) is 2. The summed E-state index contributed by atoms with van der Waals surface area (Å²) in [6.07, 6.45) is 6.22. The van der Waals surface area contributed by atoms with Crippen molar-refractivity contribution in [3.63, 3.8) is 0 Å². The molecule has 0 saturated heterocycles. The highest BCUT2D eigenvalue weighted by Crippen LogP contribution is 2.49. The minimum atomic E-state index is -1.24. The normalized spacial score (nSPS) is 20.6. The zero-order valence-electron chi connectivity index (χ0n) is 39.7. The molecule has 2 N–H and O–H groups in total. The highest BCUT2D eigenvalue weighted by Gasteiger charge is 2.51. The van der Waals surface area contributed by atoms with Crippen molar-refractivity contribution in [2.45, 2.75) is 51.9 Å². The number of aromatic nitrogens is 4. The molecule has 0 amide bonds. The van der Waals surface area contributed by atoms with Crippen molar-refractivity contribution in [2.75, 3.05) is 69.0 Å². The molecule has 4 aromatic rings. The number of rotatable bonds is 16. The zero-order chi connectivity index (χ0) is 49.7. The van der Waals surface area contributed by atoms with Crippen LogP contribution in [-0.4, -0.2) is 133 Å². The molecule has 20 nitrogen and oxygen atoms in total. The van der Waals surface area contributed by atoms with Crippen molar-refractivity contribution in [3.8, 4) is 23.0 Å². The van der Waals surface area contributed by atoms with E-state index >= 15 is 0 Å². The van der Waals surface area contributed by atoms with Gasteiger partial charge in [0.15, 0.2) is 0 Å². The fraction of sp³-hybridized carbons (Fsp3) is 0.417. The number of nitrogens with zero attached hydrogens (tertiary/aromatic N) is 6. The van der Waals surface area contributed by atoms with E-state index in [9.17, 15) is 29.4 Å². The van der Waals surface area contributed by atoms with Crippen molar-refractivity contribution in [1.82, 2.24) is 29.7 Å². The molecule has 6 rings (SSSR count). The van der Waals surface area contributed by atoms with E-state index in [1.807, 2.05) is 27.7 Å². The third-order valence-corrected chi connectivity index (χ3v) is 11.2. The maximum absolute atomic E-state index is 12.9. The highest BCUT2D eigenvalue weighted by atomic mass is 16.5. The summed E-state index contributed by atoms with van der Waals surface area (Å²) in [6.45, 7) is 9.19. The Balaban J connectivity index is 0.000000254. The molecule has 2 aliphatic rings. The van der Waals surface area contributed by atoms with Gasteiger partial charge in [0.2, 0.25) is 0 Å². The first-order valence-corrected chi connectivity index (χ1v) is 21.7. The third kappa shape index (κ3) is 11.1. The molecule has 2 aliphatic heterocycles. The summed E-state index contributed by atoms with van der Waals surface area (Å²) in [6, 6.07) is 10.2. The van der Waals surface area contributed by atoms with Gasteiger partial charge in [-0.1, -0.05) is 0 Å². The Morgan fingerprint density at radius 2 is 0.765 bits per heavy atom. The van der Waals surface area contributed by atoms with Gasteiger partial charge < -0.3 is 48.1 Å². The number of pyridine rings is 4. The highest BCUT2D eigenvalue weighted by molar-refractivity contribution is 5.93. The van der Waals surface area contributed by atoms with Crippen LogP contribution in [0.5, 0.6) is 23.0 Å². The van der Waals surface area contributed by atoms with Gasteiger partial charge >= 0.3 is 23.9 Å². The second-order valence-electron chi connectivity index (χ2n) is 15.0. The minimum Gasteiger partial charge on any atom is -0.511 e. The van der Waals surface area contributed by atoms with Crippen LogP contribution in [0.3, 0.4) is 0 Å². The Morgan fingerprint density at radius 3 is 1.03 bits per heavy atom. The average Bonchev–Trinajstić information content (AvgIpc) is 3.34. The number of hydrogen-bond acceptors (Lipinski definition) is 20. The van der Waals surface area contributed by atoms with Gasteiger partial charge in [0.25, 0.3) is 0 Å². The number of esters is 4. The molecule has 4 aromatic heterocycles. The van der Waals surface area contributed by atoms with Gasteiger partial charge in [-0.15, -0.1) is 0 Å². The van der Waals surface area contributed by atoms with E-state index in [0.717, 1.165) is 0 Å². The first-order valence-electron chi connectivity index (χ1n) is 21.7. The first-order chi connectivity index (χ1) is 32.7. The lowest BCUT2D eigenvalue weighted by molar-refractivity contribution is -0.151. The van der Waals surface area contributed by atoms with Crippen LogP contribution in [0.25, 0.3) is 0 Å². The molecule has 6 heterocycles. The number of aliphatic hydroxyl groups is 2. The molecule has 0 fully saturated rings. The van der Waals surface area contributed by atoms with E-state index < -0.39 is 71.4 Å². The summed E-state index contributed by atoms with van der Waals surface area (Å²) in [7, 11) is 8.27. The number of methoxy groups -OCH3 is 4. The number of carbonyl (C=O) groups is 4. The Morgan fingerprint density at radius 1 is 0.485 bits per heavy atom. The lowest BCUT2D eigenvalue weighted by Gasteiger charge is -2.42. The Labute approximate surface area is 394 Å². The Hall–Kier alpha value is -7.32. The first kappa shape index (κ1) is 51.7. The Bertz CT molecular complexity index is 2310. The molecule has 20 heteroatoms. The lowest BCUT2D eigenvalue weighted by Crippen LogP contribution is -2.46. The van der Waals surface area contributed by atoms with Gasteiger partial charge in [-0.25, -0.2) is 9.59 Å². The Kier molecular flexibility index (Phi) is 18.2. The molecule has 0 radical (unpaired) electrons. The lowest BCUT2D eigenvalue weighted by atomic mass is 9.82. The molecule has 6 atom stereocenters. The molecule has 68 heavy (non-hydrogen) atoms. The monoisotopic (exact) mass is 942 g/mol. The van der Waals surface area contributed by atoms with E-state index in [1.165, 1.54) is 28.4 Å². The largest absolute Gasteiger partial charge is 0.511 e. The SMILES string of the molecule is CCOc1ccnc([C@H]2C(C(=O)OC)=C(O)[C@@H](C(=O)OC)[C@H](c3cc(OCC)ccn3)N2C)c1.CCOc1ccnc([C@H]2C(C(=O)OC)=C(O)[C@@H](C(=O)OC)[C@H](c3cc(OCC)ccn3)N2C)c1. The predicted molar refractivity (Wildman–Crippen MR) is 242 cm³/mol. The van der Waals surface area contributed by atoms with Crippen LogP contribution in [0.15, 0.2) is 96.0 Å². The van der Waals surface area contributed by atoms with Crippen LogP contribution < -0.4 is 18.9 Å². The van der Waals surface area contributed by atoms with Crippen molar-refractivity contribution in [3.05, 3.63) is 119 Å². The number of ether oxygens (including phenoxy) is 8. The fourth-order valence-electron chi connectivity index (χ4n) is 8.33. The van der Waals surface area contributed by atoms with Gasteiger partial charge in [0.1, 0.15) is 46.4 Å². The zero-order valence-corrected chi connectivity index (χ0v) is 39.7. The second kappa shape index (κ2) is 23.9. The van der Waals surface area contributed by atoms with Crippen molar-refractivity contribution in [1.29, 1.82) is 0 Å². The smallest absolute Gasteiger partial charge is 0.339 e. The maximum atomic E-state index is 12.9. The standard InChI is InChI=1S/2C24H29N3O7/c2*1-6-33-14-8-10-25-16(12-14)20-18(23(29)31-4)22(28)19(24(30)32-5)21(27(20)3)17-13-15(34-7-2)9-11-26-17/h2*8-13,18,20-21,28H,6-7H2,1-5H3/t2*18-,20-,21-/m00/s1. The minimum absolute atomic E-state index is 0.112. The maximum Gasteiger partial charge on any atom is 0.339 e. The van der Waals surface area contributed by atoms with Crippen molar-refractivity contribution >= 4 is 23.9 Å². The molecular formula is C48H58N6O14. The van der Waals surface area contributed by atoms with Crippen LogP contribution >= 0.6 is 0 Å². The van der Waals surface area contributed by atoms with E-state index in [0.29, 0.717) is 72.2 Å². The molecule has 0 saturated carbocycles. The number of aliphatic hydroxyl groups excluding tert-OH is 2. The van der Waals surface area contributed by atoms with Gasteiger partial charge in [0.05, 0.1) is 113 Å². The van der Waals surface area contributed by atoms with E-state index in [2.05, 4.69) is 19.9 Å². The topological polar surface area (TPSA) is 241 Å². The molecular weight excluding hydrogens is 885 g/mol. The molecule has 0 spiro atoms. The predicted octanol–water partition coefficient (Wildman–Crippen LogP) is 5.55. The second-order valence-corrected chi connectivity index (χ2v) is 15.0. The molecule has 0 aromatic carbocycles. The van der Waals surface area contributed by atoms with Gasteiger partial charge in [-0.3, -0.25) is 39.3 Å². The van der Waals surface area contributed by atoms with Crippen molar-refractivity contribution < 1.29 is 67.3 Å². The summed E-state index contributed by atoms with van der Waals surface area (Å²) in [5.74, 6) is -4.22.